The molecule has 1 fully saturated rings. The van der Waals surface area contributed by atoms with Gasteiger partial charge >= 0.3 is 0 Å². The van der Waals surface area contributed by atoms with E-state index in [4.69, 9.17) is 9.84 Å². The van der Waals surface area contributed by atoms with Crippen LogP contribution in [0.1, 0.15) is 28.0 Å². The summed E-state index contributed by atoms with van der Waals surface area (Å²) in [6, 6.07) is 12.1. The Morgan fingerprint density at radius 1 is 1.16 bits per heavy atom. The lowest BCUT2D eigenvalue weighted by Crippen LogP contribution is -2.38. The fraction of sp³-hybridized carbons (Fsp3) is 0.417. The van der Waals surface area contributed by atoms with Crippen molar-refractivity contribution in [3.8, 4) is 17.1 Å². The second-order valence-electron chi connectivity index (χ2n) is 8.18. The molecule has 0 aliphatic carbocycles. The van der Waals surface area contributed by atoms with Gasteiger partial charge in [-0.15, -0.1) is 0 Å². The van der Waals surface area contributed by atoms with Crippen LogP contribution in [0, 0.1) is 13.8 Å². The predicted octanol–water partition coefficient (Wildman–Crippen LogP) is 2.95. The molecule has 1 N–H and O–H groups in total. The molecule has 7 nitrogen and oxygen atoms in total. The van der Waals surface area contributed by atoms with Gasteiger partial charge in [-0.05, 0) is 62.2 Å². The number of hydrogen-bond donors (Lipinski definition) is 1. The van der Waals surface area contributed by atoms with E-state index in [1.165, 1.54) is 0 Å². The van der Waals surface area contributed by atoms with Crippen LogP contribution in [0.15, 0.2) is 42.6 Å². The number of nitrogens with one attached hydrogen (secondary N) is 1. The van der Waals surface area contributed by atoms with Crippen LogP contribution in [-0.4, -0.2) is 64.5 Å². The lowest BCUT2D eigenvalue weighted by molar-refractivity contribution is 0.0374. The van der Waals surface area contributed by atoms with Gasteiger partial charge in [0.2, 0.25) is 0 Å². The lowest BCUT2D eigenvalue weighted by atomic mass is 10.1. The molecule has 7 heteroatoms. The zero-order chi connectivity index (χ0) is 21.8. The summed E-state index contributed by atoms with van der Waals surface area (Å²) in [6.07, 6.45) is 2.89. The van der Waals surface area contributed by atoms with Crippen LogP contribution in [0.2, 0.25) is 0 Å². The summed E-state index contributed by atoms with van der Waals surface area (Å²) in [5.74, 6) is -0.101. The van der Waals surface area contributed by atoms with Crippen LogP contribution < -0.4 is 5.32 Å². The monoisotopic (exact) mass is 421 g/mol. The SMILES string of the molecule is Cc1ccc(C)c(-n2nc(-c3cccn3C)cc2C(=O)NCCCN2CCOCC2)c1. The smallest absolute Gasteiger partial charge is 0.270 e. The highest BCUT2D eigenvalue weighted by atomic mass is 16.5. The number of aryl methyl sites for hydroxylation is 3. The molecule has 0 atom stereocenters. The summed E-state index contributed by atoms with van der Waals surface area (Å²) >= 11 is 0. The maximum absolute atomic E-state index is 13.1. The number of carbonyl (C=O) groups is 1. The molecular weight excluding hydrogens is 390 g/mol. The van der Waals surface area contributed by atoms with Crippen molar-refractivity contribution in [2.75, 3.05) is 39.4 Å². The zero-order valence-corrected chi connectivity index (χ0v) is 18.6. The van der Waals surface area contributed by atoms with Gasteiger partial charge in [-0.3, -0.25) is 9.69 Å². The van der Waals surface area contributed by atoms with Crippen molar-refractivity contribution in [1.82, 2.24) is 24.6 Å². The Morgan fingerprint density at radius 2 is 1.97 bits per heavy atom. The molecule has 164 valence electrons. The zero-order valence-electron chi connectivity index (χ0n) is 18.6. The fourth-order valence-electron chi connectivity index (χ4n) is 3.95. The van der Waals surface area contributed by atoms with Crippen molar-refractivity contribution in [1.29, 1.82) is 0 Å². The summed E-state index contributed by atoms with van der Waals surface area (Å²) in [6.45, 7) is 9.22. The van der Waals surface area contributed by atoms with E-state index in [2.05, 4.69) is 35.3 Å². The minimum Gasteiger partial charge on any atom is -0.379 e. The maximum Gasteiger partial charge on any atom is 0.270 e. The number of ether oxygens (including phenoxy) is 1. The maximum atomic E-state index is 13.1. The molecule has 0 radical (unpaired) electrons. The molecule has 0 bridgehead atoms. The molecule has 1 aliphatic rings. The number of morpholine rings is 1. The third kappa shape index (κ3) is 4.89. The molecule has 1 aliphatic heterocycles. The summed E-state index contributed by atoms with van der Waals surface area (Å²) in [4.78, 5) is 15.5. The average Bonchev–Trinajstić information content (AvgIpc) is 3.40. The molecule has 1 amide bonds. The van der Waals surface area contributed by atoms with Crippen molar-refractivity contribution < 1.29 is 9.53 Å². The number of hydrogen-bond acceptors (Lipinski definition) is 4. The van der Waals surface area contributed by atoms with E-state index in [9.17, 15) is 4.79 Å². The Bertz CT molecular complexity index is 1050. The van der Waals surface area contributed by atoms with E-state index in [0.29, 0.717) is 12.2 Å². The Hall–Kier alpha value is -2.90. The van der Waals surface area contributed by atoms with Gasteiger partial charge in [0.25, 0.3) is 5.91 Å². The van der Waals surface area contributed by atoms with Gasteiger partial charge < -0.3 is 14.6 Å². The van der Waals surface area contributed by atoms with Gasteiger partial charge in [-0.1, -0.05) is 12.1 Å². The molecule has 1 saturated heterocycles. The van der Waals surface area contributed by atoms with E-state index in [0.717, 1.165) is 67.5 Å². The first-order valence-electron chi connectivity index (χ1n) is 10.9. The lowest BCUT2D eigenvalue weighted by Gasteiger charge is -2.26. The summed E-state index contributed by atoms with van der Waals surface area (Å²) in [7, 11) is 1.98. The van der Waals surface area contributed by atoms with Gasteiger partial charge in [0.1, 0.15) is 11.4 Å². The number of aromatic nitrogens is 3. The van der Waals surface area contributed by atoms with Crippen molar-refractivity contribution >= 4 is 5.91 Å². The second kappa shape index (κ2) is 9.49. The van der Waals surface area contributed by atoms with Crippen molar-refractivity contribution in [3.63, 3.8) is 0 Å². The van der Waals surface area contributed by atoms with E-state index in [1.807, 2.05) is 42.9 Å². The summed E-state index contributed by atoms with van der Waals surface area (Å²) in [5.41, 5.74) is 5.45. The van der Waals surface area contributed by atoms with Gasteiger partial charge in [0.05, 0.1) is 24.6 Å². The van der Waals surface area contributed by atoms with Crippen LogP contribution in [-0.2, 0) is 11.8 Å². The molecule has 31 heavy (non-hydrogen) atoms. The largest absolute Gasteiger partial charge is 0.379 e. The van der Waals surface area contributed by atoms with E-state index in [1.54, 1.807) is 4.68 Å². The first-order chi connectivity index (χ1) is 15.0. The minimum absolute atomic E-state index is 0.101. The minimum atomic E-state index is -0.101. The van der Waals surface area contributed by atoms with Crippen LogP contribution in [0.3, 0.4) is 0 Å². The Morgan fingerprint density at radius 3 is 2.71 bits per heavy atom. The van der Waals surface area contributed by atoms with Gasteiger partial charge in [-0.25, -0.2) is 4.68 Å². The molecule has 1 aromatic carbocycles. The quantitative estimate of drug-likeness (QED) is 0.596. The normalized spacial score (nSPS) is 14.7. The summed E-state index contributed by atoms with van der Waals surface area (Å²) in [5, 5.41) is 7.91. The highest BCUT2D eigenvalue weighted by Gasteiger charge is 2.20. The topological polar surface area (TPSA) is 64.3 Å². The van der Waals surface area contributed by atoms with Crippen molar-refractivity contribution in [2.45, 2.75) is 20.3 Å². The van der Waals surface area contributed by atoms with Crippen LogP contribution in [0.4, 0.5) is 0 Å². The molecule has 3 aromatic rings. The van der Waals surface area contributed by atoms with E-state index in [-0.39, 0.29) is 5.91 Å². The van der Waals surface area contributed by atoms with Crippen LogP contribution in [0.25, 0.3) is 17.1 Å². The number of benzene rings is 1. The molecule has 2 aromatic heterocycles. The first kappa shape index (κ1) is 21.3. The van der Waals surface area contributed by atoms with Crippen molar-refractivity contribution in [2.24, 2.45) is 7.05 Å². The molecule has 0 unspecified atom stereocenters. The van der Waals surface area contributed by atoms with Gasteiger partial charge in [0, 0.05) is 32.9 Å². The fourth-order valence-corrected chi connectivity index (χ4v) is 3.95. The van der Waals surface area contributed by atoms with Crippen LogP contribution in [0.5, 0.6) is 0 Å². The third-order valence-corrected chi connectivity index (χ3v) is 5.78. The van der Waals surface area contributed by atoms with Crippen molar-refractivity contribution in [3.05, 3.63) is 59.4 Å². The highest BCUT2D eigenvalue weighted by molar-refractivity contribution is 5.94. The molecule has 0 saturated carbocycles. The number of carbonyl (C=O) groups excluding carboxylic acids is 1. The average molecular weight is 422 g/mol. The molecular formula is C24H31N5O2. The third-order valence-electron chi connectivity index (χ3n) is 5.78. The Balaban J connectivity index is 1.54. The standard InChI is InChI=1S/C24H31N5O2/c1-18-7-8-19(2)22(16-18)29-23(17-20(26-29)21-6-4-10-27(21)3)24(30)25-9-5-11-28-12-14-31-15-13-28/h4,6-8,10,16-17H,5,9,11-15H2,1-3H3,(H,25,30). The Labute approximate surface area is 183 Å². The number of nitrogens with zero attached hydrogens (tertiary/aromatic N) is 4. The predicted molar refractivity (Wildman–Crippen MR) is 122 cm³/mol. The van der Waals surface area contributed by atoms with Gasteiger partial charge in [-0.2, -0.15) is 5.10 Å². The van der Waals surface area contributed by atoms with Gasteiger partial charge in [0.15, 0.2) is 0 Å². The second-order valence-corrected chi connectivity index (χ2v) is 8.18. The Kier molecular flexibility index (Phi) is 6.53. The first-order valence-corrected chi connectivity index (χ1v) is 10.9. The van der Waals surface area contributed by atoms with E-state index >= 15 is 0 Å². The highest BCUT2D eigenvalue weighted by Crippen LogP contribution is 2.24. The molecule has 4 rings (SSSR count). The van der Waals surface area contributed by atoms with Crippen LogP contribution >= 0.6 is 0 Å². The molecule has 3 heterocycles. The summed E-state index contributed by atoms with van der Waals surface area (Å²) < 4.78 is 9.19. The number of rotatable bonds is 7. The molecule has 0 spiro atoms. The van der Waals surface area contributed by atoms with E-state index < -0.39 is 0 Å². The number of amides is 1.